The van der Waals surface area contributed by atoms with Crippen molar-refractivity contribution < 1.29 is 23.1 Å². The van der Waals surface area contributed by atoms with Crippen LogP contribution in [0.25, 0.3) is 0 Å². The molecule has 0 amide bonds. The van der Waals surface area contributed by atoms with Crippen LogP contribution in [0, 0.1) is 11.8 Å². The number of hydrogen-bond donors (Lipinski definition) is 2. The summed E-state index contributed by atoms with van der Waals surface area (Å²) in [6.07, 6.45) is -7.36. The van der Waals surface area contributed by atoms with Crippen LogP contribution in [0.2, 0.25) is 0 Å². The van der Waals surface area contributed by atoms with Gasteiger partial charge in [-0.05, 0) is 17.9 Å². The maximum atomic E-state index is 12.7. The van der Waals surface area contributed by atoms with Crippen LogP contribution in [0.5, 0.6) is 0 Å². The lowest BCUT2D eigenvalue weighted by Gasteiger charge is -2.28. The first-order chi connectivity index (χ1) is 10.1. The van der Waals surface area contributed by atoms with Crippen molar-refractivity contribution in [2.45, 2.75) is 45.0 Å². The number of Topliss-reactive ketones (excluding diaryl/α,β-unsaturated/α-hetero) is 1. The SMILES string of the molecule is CC(C)[C@H](CC(=O)[C@@H](N)Cc1ccccc1)[C@H](O)C(F)(F)F.Cl. The molecule has 0 saturated carbocycles. The number of rotatable bonds is 7. The minimum absolute atomic E-state index is 0. The molecule has 0 aliphatic rings. The molecule has 1 aromatic rings. The Morgan fingerprint density at radius 2 is 1.74 bits per heavy atom. The highest BCUT2D eigenvalue weighted by Gasteiger charge is 2.45. The molecule has 3 atom stereocenters. The summed E-state index contributed by atoms with van der Waals surface area (Å²) in [4.78, 5) is 12.1. The topological polar surface area (TPSA) is 63.3 Å². The first kappa shape index (κ1) is 21.9. The van der Waals surface area contributed by atoms with Gasteiger partial charge in [0.1, 0.15) is 5.78 Å². The van der Waals surface area contributed by atoms with Crippen LogP contribution < -0.4 is 5.73 Å². The number of aliphatic hydroxyl groups excluding tert-OH is 1. The molecule has 0 spiro atoms. The Bertz CT molecular complexity index is 480. The Morgan fingerprint density at radius 1 is 1.22 bits per heavy atom. The average molecular weight is 354 g/mol. The van der Waals surface area contributed by atoms with Gasteiger partial charge in [0.05, 0.1) is 6.04 Å². The van der Waals surface area contributed by atoms with Crippen LogP contribution >= 0.6 is 12.4 Å². The molecule has 3 N–H and O–H groups in total. The Balaban J connectivity index is 0.00000484. The molecule has 1 aromatic carbocycles. The number of halogens is 4. The van der Waals surface area contributed by atoms with Crippen molar-refractivity contribution in [3.63, 3.8) is 0 Å². The van der Waals surface area contributed by atoms with Crippen molar-refractivity contribution in [1.82, 2.24) is 0 Å². The summed E-state index contributed by atoms with van der Waals surface area (Å²) in [5.41, 5.74) is 6.64. The maximum Gasteiger partial charge on any atom is 0.414 e. The van der Waals surface area contributed by atoms with E-state index < -0.39 is 35.9 Å². The van der Waals surface area contributed by atoms with E-state index in [1.54, 1.807) is 38.1 Å². The van der Waals surface area contributed by atoms with E-state index in [2.05, 4.69) is 0 Å². The monoisotopic (exact) mass is 353 g/mol. The zero-order valence-electron chi connectivity index (χ0n) is 13.1. The molecule has 0 aromatic heterocycles. The first-order valence-electron chi connectivity index (χ1n) is 7.20. The maximum absolute atomic E-state index is 12.7. The van der Waals surface area contributed by atoms with E-state index in [0.29, 0.717) is 0 Å². The number of carbonyl (C=O) groups excluding carboxylic acids is 1. The van der Waals surface area contributed by atoms with E-state index >= 15 is 0 Å². The largest absolute Gasteiger partial charge is 0.414 e. The highest BCUT2D eigenvalue weighted by atomic mass is 35.5. The van der Waals surface area contributed by atoms with E-state index in [4.69, 9.17) is 5.73 Å². The molecule has 132 valence electrons. The lowest BCUT2D eigenvalue weighted by molar-refractivity contribution is -0.224. The smallest absolute Gasteiger partial charge is 0.383 e. The lowest BCUT2D eigenvalue weighted by atomic mass is 9.83. The van der Waals surface area contributed by atoms with Crippen LogP contribution in [0.3, 0.4) is 0 Å². The minimum atomic E-state index is -4.74. The molecule has 3 nitrogen and oxygen atoms in total. The average Bonchev–Trinajstić information content (AvgIpc) is 2.43. The fraction of sp³-hybridized carbons (Fsp3) is 0.562. The van der Waals surface area contributed by atoms with E-state index in [0.717, 1.165) is 5.56 Å². The molecule has 1 rings (SSSR count). The Hall–Kier alpha value is -1.11. The van der Waals surface area contributed by atoms with Crippen molar-refractivity contribution in [2.24, 2.45) is 17.6 Å². The van der Waals surface area contributed by atoms with E-state index in [-0.39, 0.29) is 25.2 Å². The summed E-state index contributed by atoms with van der Waals surface area (Å²) in [7, 11) is 0. The fourth-order valence-corrected chi connectivity index (χ4v) is 2.32. The molecule has 23 heavy (non-hydrogen) atoms. The van der Waals surface area contributed by atoms with Gasteiger partial charge < -0.3 is 10.8 Å². The van der Waals surface area contributed by atoms with Gasteiger partial charge in [0.15, 0.2) is 6.10 Å². The van der Waals surface area contributed by atoms with Crippen molar-refractivity contribution >= 4 is 18.2 Å². The van der Waals surface area contributed by atoms with Gasteiger partial charge in [0.2, 0.25) is 0 Å². The first-order valence-corrected chi connectivity index (χ1v) is 7.20. The second-order valence-corrected chi connectivity index (χ2v) is 5.86. The molecule has 0 bridgehead atoms. The number of hydrogen-bond acceptors (Lipinski definition) is 3. The summed E-state index contributed by atoms with van der Waals surface area (Å²) in [6.45, 7) is 3.10. The number of alkyl halides is 3. The third-order valence-corrected chi connectivity index (χ3v) is 3.75. The van der Waals surface area contributed by atoms with Gasteiger partial charge in [-0.2, -0.15) is 13.2 Å². The number of nitrogens with two attached hydrogens (primary N) is 1. The summed E-state index contributed by atoms with van der Waals surface area (Å²) in [5.74, 6) is -2.13. The van der Waals surface area contributed by atoms with Gasteiger partial charge in [0, 0.05) is 12.3 Å². The molecule has 0 radical (unpaired) electrons. The molecular weight excluding hydrogens is 331 g/mol. The number of aliphatic hydroxyl groups is 1. The van der Waals surface area contributed by atoms with Crippen molar-refractivity contribution in [3.8, 4) is 0 Å². The van der Waals surface area contributed by atoms with E-state index in [1.807, 2.05) is 6.07 Å². The summed E-state index contributed by atoms with van der Waals surface area (Å²) < 4.78 is 38.0. The normalized spacial score (nSPS) is 15.7. The Kier molecular flexibility index (Phi) is 8.80. The highest BCUT2D eigenvalue weighted by Crippen LogP contribution is 2.32. The zero-order valence-corrected chi connectivity index (χ0v) is 13.9. The fourth-order valence-electron chi connectivity index (χ4n) is 2.32. The predicted molar refractivity (Wildman–Crippen MR) is 85.4 cm³/mol. The van der Waals surface area contributed by atoms with Gasteiger partial charge in [0.25, 0.3) is 0 Å². The molecule has 0 heterocycles. The van der Waals surface area contributed by atoms with E-state index in [1.165, 1.54) is 0 Å². The summed E-state index contributed by atoms with van der Waals surface area (Å²) >= 11 is 0. The summed E-state index contributed by atoms with van der Waals surface area (Å²) in [6, 6.07) is 8.16. The quantitative estimate of drug-likeness (QED) is 0.791. The predicted octanol–water partition coefficient (Wildman–Crippen LogP) is 3.13. The van der Waals surface area contributed by atoms with Gasteiger partial charge in [-0.1, -0.05) is 44.2 Å². The van der Waals surface area contributed by atoms with E-state index in [9.17, 15) is 23.1 Å². The second kappa shape index (κ2) is 9.25. The van der Waals surface area contributed by atoms with Crippen molar-refractivity contribution in [2.75, 3.05) is 0 Å². The molecule has 7 heteroatoms. The molecule has 0 saturated heterocycles. The second-order valence-electron chi connectivity index (χ2n) is 5.86. The molecule has 0 unspecified atom stereocenters. The third kappa shape index (κ3) is 6.89. The molecule has 0 aliphatic heterocycles. The number of benzene rings is 1. The van der Waals surface area contributed by atoms with Gasteiger partial charge in [-0.15, -0.1) is 12.4 Å². The van der Waals surface area contributed by atoms with Gasteiger partial charge >= 0.3 is 6.18 Å². The molecule has 0 fully saturated rings. The van der Waals surface area contributed by atoms with Crippen LogP contribution in [0.4, 0.5) is 13.2 Å². The van der Waals surface area contributed by atoms with Gasteiger partial charge in [-0.25, -0.2) is 0 Å². The van der Waals surface area contributed by atoms with Crippen LogP contribution in [0.1, 0.15) is 25.8 Å². The van der Waals surface area contributed by atoms with Crippen LogP contribution in [-0.4, -0.2) is 29.2 Å². The minimum Gasteiger partial charge on any atom is -0.383 e. The molecule has 0 aliphatic carbocycles. The number of carbonyl (C=O) groups is 1. The third-order valence-electron chi connectivity index (χ3n) is 3.75. The summed E-state index contributed by atoms with van der Waals surface area (Å²) in [5, 5.41) is 9.42. The van der Waals surface area contributed by atoms with Crippen LogP contribution in [0.15, 0.2) is 30.3 Å². The van der Waals surface area contributed by atoms with Crippen molar-refractivity contribution in [3.05, 3.63) is 35.9 Å². The Labute approximate surface area is 140 Å². The van der Waals surface area contributed by atoms with Crippen molar-refractivity contribution in [1.29, 1.82) is 0 Å². The Morgan fingerprint density at radius 3 is 2.17 bits per heavy atom. The zero-order chi connectivity index (χ0) is 16.9. The number of ketones is 1. The van der Waals surface area contributed by atoms with Crippen LogP contribution in [-0.2, 0) is 11.2 Å². The highest BCUT2D eigenvalue weighted by molar-refractivity contribution is 5.85. The standard InChI is InChI=1S/C16H22F3NO2.ClH/c1-10(2)12(15(22)16(17,18)19)9-14(21)13(20)8-11-6-4-3-5-7-11;/h3-7,10,12-13,15,22H,8-9,20H2,1-2H3;1H/t12-,13-,15-;/m0./s1. The lowest BCUT2D eigenvalue weighted by Crippen LogP contribution is -2.42. The molecular formula is C16H23ClF3NO2. The van der Waals surface area contributed by atoms with Gasteiger partial charge in [-0.3, -0.25) is 4.79 Å².